The molecule has 0 spiro atoms. The van der Waals surface area contributed by atoms with E-state index in [0.29, 0.717) is 6.04 Å². The van der Waals surface area contributed by atoms with Crippen LogP contribution in [0.4, 0.5) is 0 Å². The van der Waals surface area contributed by atoms with Gasteiger partial charge in [-0.3, -0.25) is 4.90 Å². The highest BCUT2D eigenvalue weighted by Crippen LogP contribution is 2.25. The summed E-state index contributed by atoms with van der Waals surface area (Å²) in [4.78, 5) is 2.56. The first-order valence-corrected chi connectivity index (χ1v) is 7.10. The van der Waals surface area contributed by atoms with Crippen molar-refractivity contribution in [1.82, 2.24) is 10.2 Å². The third kappa shape index (κ3) is 3.47. The molecule has 0 bridgehead atoms. The van der Waals surface area contributed by atoms with Crippen LogP contribution in [0.1, 0.15) is 38.8 Å². The summed E-state index contributed by atoms with van der Waals surface area (Å²) < 4.78 is 0. The van der Waals surface area contributed by atoms with Crippen molar-refractivity contribution in [2.75, 3.05) is 19.6 Å². The first kappa shape index (κ1) is 13.9. The van der Waals surface area contributed by atoms with Gasteiger partial charge < -0.3 is 5.32 Å². The Kier molecular flexibility index (Phi) is 4.31. The van der Waals surface area contributed by atoms with Gasteiger partial charge >= 0.3 is 0 Å². The van der Waals surface area contributed by atoms with Crippen molar-refractivity contribution in [2.45, 2.75) is 38.8 Å². The molecule has 1 heterocycles. The molecular weight excluding hydrogens is 244 g/mol. The minimum absolute atomic E-state index is 0.192. The second-order valence-electron chi connectivity index (χ2n) is 5.86. The van der Waals surface area contributed by atoms with Gasteiger partial charge in [0.25, 0.3) is 0 Å². The number of hydrogen-bond donors (Lipinski definition) is 1. The normalized spacial score (nSPS) is 22.4. The van der Waals surface area contributed by atoms with Crippen LogP contribution < -0.4 is 5.32 Å². The van der Waals surface area contributed by atoms with Crippen molar-refractivity contribution >= 4 is 11.6 Å². The summed E-state index contributed by atoms with van der Waals surface area (Å²) in [6.07, 6.45) is 1.21. The van der Waals surface area contributed by atoms with E-state index < -0.39 is 0 Å². The maximum absolute atomic E-state index is 5.95. The monoisotopic (exact) mass is 266 g/mol. The van der Waals surface area contributed by atoms with E-state index in [1.807, 2.05) is 12.1 Å². The highest BCUT2D eigenvalue weighted by Gasteiger charge is 2.27. The van der Waals surface area contributed by atoms with E-state index in [9.17, 15) is 0 Å². The number of rotatable bonds is 2. The predicted molar refractivity (Wildman–Crippen MR) is 78.1 cm³/mol. The Labute approximate surface area is 115 Å². The fourth-order valence-corrected chi connectivity index (χ4v) is 2.76. The van der Waals surface area contributed by atoms with Crippen LogP contribution in [-0.4, -0.2) is 30.1 Å². The maximum atomic E-state index is 5.95. The lowest BCUT2D eigenvalue weighted by molar-refractivity contribution is 0.180. The summed E-state index contributed by atoms with van der Waals surface area (Å²) in [5.41, 5.74) is 1.54. The lowest BCUT2D eigenvalue weighted by atomic mass is 10.0. The topological polar surface area (TPSA) is 15.3 Å². The van der Waals surface area contributed by atoms with Gasteiger partial charge in [-0.2, -0.15) is 0 Å². The molecule has 0 aromatic heterocycles. The zero-order chi connectivity index (χ0) is 13.2. The van der Waals surface area contributed by atoms with Crippen LogP contribution >= 0.6 is 11.6 Å². The quantitative estimate of drug-likeness (QED) is 0.882. The van der Waals surface area contributed by atoms with Crippen molar-refractivity contribution in [3.05, 3.63) is 34.9 Å². The summed E-state index contributed by atoms with van der Waals surface area (Å²) >= 11 is 5.95. The van der Waals surface area contributed by atoms with Crippen molar-refractivity contribution in [1.29, 1.82) is 0 Å². The molecule has 1 aromatic rings. The van der Waals surface area contributed by atoms with Crippen molar-refractivity contribution in [3.8, 4) is 0 Å². The van der Waals surface area contributed by atoms with Gasteiger partial charge in [-0.05, 0) is 51.4 Å². The van der Waals surface area contributed by atoms with E-state index in [1.54, 1.807) is 0 Å². The number of hydrogen-bond acceptors (Lipinski definition) is 2. The fourth-order valence-electron chi connectivity index (χ4n) is 2.63. The van der Waals surface area contributed by atoms with Gasteiger partial charge in [0.15, 0.2) is 0 Å². The van der Waals surface area contributed by atoms with Crippen LogP contribution in [0.15, 0.2) is 24.3 Å². The highest BCUT2D eigenvalue weighted by molar-refractivity contribution is 6.30. The van der Waals surface area contributed by atoms with E-state index in [2.05, 4.69) is 43.1 Å². The van der Waals surface area contributed by atoms with Crippen LogP contribution in [0.5, 0.6) is 0 Å². The Morgan fingerprint density at radius 1 is 1.28 bits per heavy atom. The third-order valence-corrected chi connectivity index (χ3v) is 3.98. The van der Waals surface area contributed by atoms with Crippen molar-refractivity contribution in [2.24, 2.45) is 0 Å². The summed E-state index contributed by atoms with van der Waals surface area (Å²) in [6.45, 7) is 10.2. The Bertz CT molecular complexity index is 386. The van der Waals surface area contributed by atoms with Gasteiger partial charge in [-0.25, -0.2) is 0 Å². The second-order valence-corrected chi connectivity index (χ2v) is 6.30. The van der Waals surface area contributed by atoms with E-state index in [4.69, 9.17) is 11.6 Å². The second kappa shape index (κ2) is 5.60. The molecule has 1 unspecified atom stereocenters. The molecule has 2 nitrogen and oxygen atoms in total. The molecule has 0 amide bonds. The largest absolute Gasteiger partial charge is 0.310 e. The Hall–Kier alpha value is -0.570. The van der Waals surface area contributed by atoms with Crippen molar-refractivity contribution in [3.63, 3.8) is 0 Å². The molecule has 1 N–H and O–H groups in total. The van der Waals surface area contributed by atoms with Gasteiger partial charge in [0, 0.05) is 29.7 Å². The minimum Gasteiger partial charge on any atom is -0.310 e. The number of nitrogens with zero attached hydrogens (tertiary/aromatic N) is 1. The van der Waals surface area contributed by atoms with Crippen LogP contribution in [0.2, 0.25) is 5.02 Å². The first-order chi connectivity index (χ1) is 8.48. The molecule has 18 heavy (non-hydrogen) atoms. The van der Waals surface area contributed by atoms with Crippen LogP contribution in [0.3, 0.4) is 0 Å². The number of halogens is 1. The van der Waals surface area contributed by atoms with Crippen LogP contribution in [0, 0.1) is 0 Å². The zero-order valence-electron chi connectivity index (χ0n) is 11.5. The number of nitrogens with one attached hydrogen (secondary N) is 1. The Morgan fingerprint density at radius 3 is 2.61 bits per heavy atom. The lowest BCUT2D eigenvalue weighted by Gasteiger charge is -2.34. The van der Waals surface area contributed by atoms with E-state index in [1.165, 1.54) is 12.0 Å². The molecule has 1 aliphatic heterocycles. The SMILES string of the molecule is CC(c1ccc(Cl)cc1)N1CCCNC(C)(C)C1. The molecule has 100 valence electrons. The van der Waals surface area contributed by atoms with E-state index >= 15 is 0 Å². The summed E-state index contributed by atoms with van der Waals surface area (Å²) in [5, 5.41) is 4.41. The molecule has 1 atom stereocenters. The molecule has 1 aliphatic rings. The molecule has 1 fully saturated rings. The lowest BCUT2D eigenvalue weighted by Crippen LogP contribution is -2.46. The average molecular weight is 267 g/mol. The Balaban J connectivity index is 2.11. The fraction of sp³-hybridized carbons (Fsp3) is 0.600. The summed E-state index contributed by atoms with van der Waals surface area (Å²) in [6, 6.07) is 8.68. The molecule has 0 aliphatic carbocycles. The van der Waals surface area contributed by atoms with Gasteiger partial charge in [-0.15, -0.1) is 0 Å². The minimum atomic E-state index is 0.192. The van der Waals surface area contributed by atoms with Gasteiger partial charge in [0.1, 0.15) is 0 Å². The van der Waals surface area contributed by atoms with Crippen molar-refractivity contribution < 1.29 is 0 Å². The summed E-state index contributed by atoms with van der Waals surface area (Å²) in [5.74, 6) is 0. The molecule has 0 saturated carbocycles. The number of benzene rings is 1. The average Bonchev–Trinajstić information content (AvgIpc) is 2.50. The highest BCUT2D eigenvalue weighted by atomic mass is 35.5. The van der Waals surface area contributed by atoms with Gasteiger partial charge in [-0.1, -0.05) is 23.7 Å². The summed E-state index contributed by atoms with van der Waals surface area (Å²) in [7, 11) is 0. The molecule has 0 radical (unpaired) electrons. The third-order valence-electron chi connectivity index (χ3n) is 3.72. The van der Waals surface area contributed by atoms with Crippen LogP contribution in [-0.2, 0) is 0 Å². The molecular formula is C15H23ClN2. The molecule has 2 rings (SSSR count). The standard InChI is InChI=1S/C15H23ClN2/c1-12(13-5-7-14(16)8-6-13)18-10-4-9-17-15(2,3)11-18/h5-8,12,17H,4,9-11H2,1-3H3. The smallest absolute Gasteiger partial charge is 0.0406 e. The van der Waals surface area contributed by atoms with E-state index in [0.717, 1.165) is 24.7 Å². The molecule has 1 saturated heterocycles. The van der Waals surface area contributed by atoms with Crippen LogP contribution in [0.25, 0.3) is 0 Å². The zero-order valence-corrected chi connectivity index (χ0v) is 12.3. The predicted octanol–water partition coefficient (Wildman–Crippen LogP) is 3.47. The molecule has 1 aromatic carbocycles. The Morgan fingerprint density at radius 2 is 1.94 bits per heavy atom. The van der Waals surface area contributed by atoms with E-state index in [-0.39, 0.29) is 5.54 Å². The first-order valence-electron chi connectivity index (χ1n) is 6.72. The molecule has 3 heteroatoms. The van der Waals surface area contributed by atoms with Gasteiger partial charge in [0.05, 0.1) is 0 Å². The van der Waals surface area contributed by atoms with Gasteiger partial charge in [0.2, 0.25) is 0 Å². The maximum Gasteiger partial charge on any atom is 0.0406 e.